The highest BCUT2D eigenvalue weighted by Crippen LogP contribution is 2.13. The minimum Gasteiger partial charge on any atom is -0.481 e. The summed E-state index contributed by atoms with van der Waals surface area (Å²) in [6, 6.07) is 0. The summed E-state index contributed by atoms with van der Waals surface area (Å²) in [5.41, 5.74) is 0. The molecule has 27 heavy (non-hydrogen) atoms. The Balaban J connectivity index is 0. The molecule has 0 rings (SSSR count). The maximum atomic E-state index is 10.3. The maximum absolute atomic E-state index is 10.3. The second-order valence-electron chi connectivity index (χ2n) is 7.62. The Morgan fingerprint density at radius 2 is 0.926 bits per heavy atom. The lowest BCUT2D eigenvalue weighted by Crippen LogP contribution is -2.26. The van der Waals surface area contributed by atoms with Crippen LogP contribution in [0, 0.1) is 0 Å². The average Bonchev–Trinajstić information content (AvgIpc) is 2.57. The molecule has 0 saturated carbocycles. The van der Waals surface area contributed by atoms with Crippen LogP contribution < -0.4 is 0 Å². The molecule has 0 amide bonds. The zero-order valence-corrected chi connectivity index (χ0v) is 17.9. The molecule has 0 heterocycles. The summed E-state index contributed by atoms with van der Waals surface area (Å²) in [6.07, 6.45) is 20.8. The van der Waals surface area contributed by atoms with E-state index in [2.05, 4.69) is 6.92 Å². The largest absolute Gasteiger partial charge is 0.481 e. The van der Waals surface area contributed by atoms with Crippen LogP contribution in [0.15, 0.2) is 0 Å². The van der Waals surface area contributed by atoms with Crippen molar-refractivity contribution >= 4 is 5.97 Å². The van der Waals surface area contributed by atoms with Gasteiger partial charge in [0.05, 0.1) is 0 Å². The van der Waals surface area contributed by atoms with Gasteiger partial charge >= 0.3 is 5.97 Å². The molecule has 0 radical (unpaired) electrons. The Hall–Kier alpha value is -0.650. The van der Waals surface area contributed by atoms with Crippen LogP contribution in [0.5, 0.6) is 0 Å². The molecule has 0 aliphatic heterocycles. The van der Waals surface area contributed by atoms with E-state index in [1.165, 1.54) is 83.5 Å². The van der Waals surface area contributed by atoms with Crippen molar-refractivity contribution in [2.75, 3.05) is 0 Å². The van der Waals surface area contributed by atoms with Gasteiger partial charge in [-0.2, -0.15) is 0 Å². The minimum absolute atomic E-state index is 0.00694. The van der Waals surface area contributed by atoms with Crippen molar-refractivity contribution in [3.63, 3.8) is 0 Å². The first-order valence-electron chi connectivity index (χ1n) is 11.2. The van der Waals surface area contributed by atoms with E-state index in [1.807, 2.05) is 0 Å². The molecule has 0 atom stereocenters. The average molecular weight is 391 g/mol. The topological polar surface area (TPSA) is 98.0 Å². The lowest BCUT2D eigenvalue weighted by Gasteiger charge is -2.10. The van der Waals surface area contributed by atoms with Crippen LogP contribution in [-0.4, -0.2) is 32.4 Å². The van der Waals surface area contributed by atoms with Crippen molar-refractivity contribution in [2.24, 2.45) is 0 Å². The van der Waals surface area contributed by atoms with E-state index in [0.29, 0.717) is 12.8 Å². The number of carboxylic acid groups (broad SMARTS) is 1. The van der Waals surface area contributed by atoms with Gasteiger partial charge in [-0.25, -0.2) is 0 Å². The zero-order valence-electron chi connectivity index (χ0n) is 17.9. The van der Waals surface area contributed by atoms with Crippen LogP contribution in [0.1, 0.15) is 129 Å². The van der Waals surface area contributed by atoms with Crippen molar-refractivity contribution in [3.05, 3.63) is 0 Å². The van der Waals surface area contributed by atoms with Gasteiger partial charge < -0.3 is 20.4 Å². The highest BCUT2D eigenvalue weighted by Gasteiger charge is 2.14. The minimum atomic E-state index is -2.45. The van der Waals surface area contributed by atoms with Gasteiger partial charge in [-0.3, -0.25) is 4.79 Å². The third-order valence-corrected chi connectivity index (χ3v) is 4.58. The van der Waals surface area contributed by atoms with Gasteiger partial charge in [0.2, 0.25) is 0 Å². The van der Waals surface area contributed by atoms with Gasteiger partial charge in [0.1, 0.15) is 0 Å². The first-order valence-corrected chi connectivity index (χ1v) is 11.2. The number of rotatable bonds is 18. The SMILES string of the molecule is CCCC(O)(O)O.CCCCCCCCCCCCCCCCCC(=O)O. The highest BCUT2D eigenvalue weighted by molar-refractivity contribution is 5.66. The standard InChI is InChI=1S/C18H36O2.C4H10O3/c1-2-3-4-5-6-7-8-9-10-11-12-13-14-15-16-17-18(19)20;1-2-3-4(5,6)7/h2-17H2,1H3,(H,19,20);5-7H,2-3H2,1H3. The number of carbonyl (C=O) groups is 1. The summed E-state index contributed by atoms with van der Waals surface area (Å²) in [4.78, 5) is 10.3. The van der Waals surface area contributed by atoms with Gasteiger partial charge in [-0.15, -0.1) is 0 Å². The van der Waals surface area contributed by atoms with E-state index in [1.54, 1.807) is 6.92 Å². The number of hydrogen-bond donors (Lipinski definition) is 4. The molecule has 0 aromatic heterocycles. The third-order valence-electron chi connectivity index (χ3n) is 4.58. The molecule has 5 nitrogen and oxygen atoms in total. The predicted octanol–water partition coefficient (Wildman–Crippen LogP) is 5.75. The molecule has 0 spiro atoms. The normalized spacial score (nSPS) is 11.1. The number of aliphatic hydroxyl groups is 3. The summed E-state index contributed by atoms with van der Waals surface area (Å²) < 4.78 is 0. The number of unbranched alkanes of at least 4 members (excludes halogenated alkanes) is 14. The number of aliphatic carboxylic acids is 1. The van der Waals surface area contributed by atoms with Crippen molar-refractivity contribution < 1.29 is 25.2 Å². The molecular formula is C22H46O5. The molecular weight excluding hydrogens is 344 g/mol. The molecule has 0 aliphatic carbocycles. The van der Waals surface area contributed by atoms with E-state index in [4.69, 9.17) is 20.4 Å². The van der Waals surface area contributed by atoms with E-state index in [9.17, 15) is 4.79 Å². The molecule has 0 aromatic rings. The van der Waals surface area contributed by atoms with E-state index in [0.717, 1.165) is 12.8 Å². The molecule has 0 saturated heterocycles. The van der Waals surface area contributed by atoms with Crippen LogP contribution in [-0.2, 0) is 4.79 Å². The number of carboxylic acids is 1. The van der Waals surface area contributed by atoms with Gasteiger partial charge in [0.25, 0.3) is 5.97 Å². The molecule has 0 bridgehead atoms. The Morgan fingerprint density at radius 1 is 0.593 bits per heavy atom. The Morgan fingerprint density at radius 3 is 1.15 bits per heavy atom. The summed E-state index contributed by atoms with van der Waals surface area (Å²) in [5.74, 6) is -3.10. The molecule has 5 heteroatoms. The van der Waals surface area contributed by atoms with Crippen LogP contribution in [0.4, 0.5) is 0 Å². The zero-order chi connectivity index (χ0) is 20.8. The summed E-state index contributed by atoms with van der Waals surface area (Å²) in [5, 5.41) is 32.9. The van der Waals surface area contributed by atoms with Crippen LogP contribution in [0.3, 0.4) is 0 Å². The third kappa shape index (κ3) is 33.4. The smallest absolute Gasteiger partial charge is 0.303 e. The molecule has 0 aliphatic rings. The highest BCUT2D eigenvalue weighted by atomic mass is 16.7. The second kappa shape index (κ2) is 21.6. The van der Waals surface area contributed by atoms with Crippen LogP contribution in [0.25, 0.3) is 0 Å². The lowest BCUT2D eigenvalue weighted by atomic mass is 10.0. The molecule has 0 fully saturated rings. The van der Waals surface area contributed by atoms with Crippen LogP contribution >= 0.6 is 0 Å². The molecule has 0 unspecified atom stereocenters. The number of hydrogen-bond acceptors (Lipinski definition) is 4. The lowest BCUT2D eigenvalue weighted by molar-refractivity contribution is -0.314. The molecule has 4 N–H and O–H groups in total. The first-order chi connectivity index (χ1) is 12.8. The van der Waals surface area contributed by atoms with Crippen LogP contribution in [0.2, 0.25) is 0 Å². The fraction of sp³-hybridized carbons (Fsp3) is 0.955. The van der Waals surface area contributed by atoms with E-state index < -0.39 is 11.9 Å². The summed E-state index contributed by atoms with van der Waals surface area (Å²) in [6.45, 7) is 4.02. The summed E-state index contributed by atoms with van der Waals surface area (Å²) in [7, 11) is 0. The monoisotopic (exact) mass is 390 g/mol. The quantitative estimate of drug-likeness (QED) is 0.176. The predicted molar refractivity (Wildman–Crippen MR) is 111 cm³/mol. The Kier molecular flexibility index (Phi) is 22.9. The van der Waals surface area contributed by atoms with Gasteiger partial charge in [-0.1, -0.05) is 104 Å². The Labute approximate surface area is 167 Å². The van der Waals surface area contributed by atoms with Gasteiger partial charge in [-0.05, 0) is 12.8 Å². The fourth-order valence-electron chi connectivity index (χ4n) is 2.98. The summed E-state index contributed by atoms with van der Waals surface area (Å²) >= 11 is 0. The van der Waals surface area contributed by atoms with Gasteiger partial charge in [0.15, 0.2) is 0 Å². The second-order valence-corrected chi connectivity index (χ2v) is 7.62. The first kappa shape index (κ1) is 28.6. The van der Waals surface area contributed by atoms with E-state index in [-0.39, 0.29) is 6.42 Å². The van der Waals surface area contributed by atoms with Crippen molar-refractivity contribution in [2.45, 2.75) is 135 Å². The van der Waals surface area contributed by atoms with Crippen molar-refractivity contribution in [3.8, 4) is 0 Å². The van der Waals surface area contributed by atoms with Crippen molar-refractivity contribution in [1.29, 1.82) is 0 Å². The maximum Gasteiger partial charge on any atom is 0.303 e. The molecule has 0 aromatic carbocycles. The van der Waals surface area contributed by atoms with Gasteiger partial charge in [0, 0.05) is 12.8 Å². The Bertz CT molecular complexity index is 300. The molecule has 164 valence electrons. The van der Waals surface area contributed by atoms with E-state index >= 15 is 0 Å². The fourth-order valence-corrected chi connectivity index (χ4v) is 2.98. The van der Waals surface area contributed by atoms with Crippen molar-refractivity contribution in [1.82, 2.24) is 0 Å².